The maximum Gasteiger partial charge on any atom is 0.223 e. The van der Waals surface area contributed by atoms with Crippen molar-refractivity contribution in [1.82, 2.24) is 25.1 Å². The highest BCUT2D eigenvalue weighted by Gasteiger charge is 2.25. The summed E-state index contributed by atoms with van der Waals surface area (Å²) in [6.07, 6.45) is 5.07. The van der Waals surface area contributed by atoms with Crippen LogP contribution in [-0.2, 0) is 11.2 Å². The smallest absolute Gasteiger partial charge is 0.223 e. The van der Waals surface area contributed by atoms with Crippen molar-refractivity contribution >= 4 is 16.9 Å². The predicted octanol–water partition coefficient (Wildman–Crippen LogP) is 3.24. The second-order valence-electron chi connectivity index (χ2n) is 7.33. The molecule has 3 aromatic rings. The lowest BCUT2D eigenvalue weighted by atomic mass is 9.94. The van der Waals surface area contributed by atoms with E-state index in [1.807, 2.05) is 11.0 Å². The quantitative estimate of drug-likeness (QED) is 0.757. The molecule has 0 unspecified atom stereocenters. The third kappa shape index (κ3) is 3.36. The second-order valence-corrected chi connectivity index (χ2v) is 7.33. The normalized spacial score (nSPS) is 17.8. The third-order valence-corrected chi connectivity index (χ3v) is 5.46. The number of aromatic amines is 2. The summed E-state index contributed by atoms with van der Waals surface area (Å²) in [6, 6.07) is 6.24. The molecule has 1 aromatic carbocycles. The maximum atomic E-state index is 12.7. The van der Waals surface area contributed by atoms with Gasteiger partial charge in [-0.2, -0.15) is 5.10 Å². The molecule has 1 atom stereocenters. The Labute approximate surface area is 153 Å². The Morgan fingerprint density at radius 1 is 1.31 bits per heavy atom. The van der Waals surface area contributed by atoms with Crippen LogP contribution in [0.4, 0.5) is 0 Å². The number of likely N-dealkylation sites (tertiary alicyclic amines) is 1. The van der Waals surface area contributed by atoms with Crippen molar-refractivity contribution in [3.63, 3.8) is 0 Å². The van der Waals surface area contributed by atoms with Crippen LogP contribution in [0.3, 0.4) is 0 Å². The molecule has 3 heterocycles. The molecular weight excluding hydrogens is 326 g/mol. The largest absolute Gasteiger partial charge is 0.342 e. The number of aromatic nitrogens is 4. The average Bonchev–Trinajstić information content (AvgIpc) is 3.30. The van der Waals surface area contributed by atoms with Crippen molar-refractivity contribution in [3.05, 3.63) is 47.0 Å². The fourth-order valence-corrected chi connectivity index (χ4v) is 3.78. The molecule has 0 aliphatic carbocycles. The third-order valence-electron chi connectivity index (χ3n) is 5.46. The van der Waals surface area contributed by atoms with Crippen LogP contribution in [0.2, 0.25) is 0 Å². The van der Waals surface area contributed by atoms with Gasteiger partial charge in [-0.3, -0.25) is 9.89 Å². The fourth-order valence-electron chi connectivity index (χ4n) is 3.78. The summed E-state index contributed by atoms with van der Waals surface area (Å²) in [5, 5.41) is 7.08. The van der Waals surface area contributed by atoms with Gasteiger partial charge in [0.1, 0.15) is 5.82 Å². The van der Waals surface area contributed by atoms with Crippen molar-refractivity contribution in [2.75, 3.05) is 13.1 Å². The van der Waals surface area contributed by atoms with Gasteiger partial charge >= 0.3 is 0 Å². The van der Waals surface area contributed by atoms with Crippen LogP contribution in [-0.4, -0.2) is 44.1 Å². The Morgan fingerprint density at radius 2 is 2.15 bits per heavy atom. The van der Waals surface area contributed by atoms with Crippen molar-refractivity contribution in [1.29, 1.82) is 0 Å². The fraction of sp³-hybridized carbons (Fsp3) is 0.450. The minimum absolute atomic E-state index is 0.210. The summed E-state index contributed by atoms with van der Waals surface area (Å²) in [5.74, 6) is 1.47. The van der Waals surface area contributed by atoms with Gasteiger partial charge in [-0.15, -0.1) is 0 Å². The van der Waals surface area contributed by atoms with Gasteiger partial charge < -0.3 is 9.88 Å². The number of carbonyl (C=O) groups excluding carboxylic acids is 1. The summed E-state index contributed by atoms with van der Waals surface area (Å²) in [7, 11) is 0. The molecule has 2 aromatic heterocycles. The van der Waals surface area contributed by atoms with E-state index in [0.29, 0.717) is 18.8 Å². The van der Waals surface area contributed by atoms with Crippen molar-refractivity contribution in [2.24, 2.45) is 0 Å². The predicted molar refractivity (Wildman–Crippen MR) is 101 cm³/mol. The van der Waals surface area contributed by atoms with Crippen LogP contribution in [0.15, 0.2) is 24.4 Å². The summed E-state index contributed by atoms with van der Waals surface area (Å²) in [6.45, 7) is 5.83. The van der Waals surface area contributed by atoms with E-state index < -0.39 is 0 Å². The number of hydrogen-bond donors (Lipinski definition) is 2. The van der Waals surface area contributed by atoms with E-state index in [1.54, 1.807) is 6.20 Å². The lowest BCUT2D eigenvalue weighted by molar-refractivity contribution is -0.132. The number of rotatable bonds is 4. The molecule has 26 heavy (non-hydrogen) atoms. The number of imidazole rings is 1. The molecule has 4 rings (SSSR count). The number of nitrogens with zero attached hydrogens (tertiary/aromatic N) is 3. The first kappa shape index (κ1) is 16.8. The number of carbonyl (C=O) groups is 1. The number of hydrogen-bond acceptors (Lipinski definition) is 3. The zero-order chi connectivity index (χ0) is 18.1. The van der Waals surface area contributed by atoms with Crippen molar-refractivity contribution < 1.29 is 4.79 Å². The number of amides is 1. The molecule has 0 saturated carbocycles. The first-order chi connectivity index (χ1) is 12.6. The SMILES string of the molecule is Cc1cc2nc(CCC(=O)N3CCC[C@H](c4ccn[nH]4)C3)[nH]c2cc1C. The number of piperidine rings is 1. The summed E-state index contributed by atoms with van der Waals surface area (Å²) < 4.78 is 0. The zero-order valence-corrected chi connectivity index (χ0v) is 15.4. The van der Waals surface area contributed by atoms with Crippen LogP contribution in [0.5, 0.6) is 0 Å². The van der Waals surface area contributed by atoms with E-state index in [-0.39, 0.29) is 5.91 Å². The number of aryl methyl sites for hydroxylation is 3. The Hall–Kier alpha value is -2.63. The molecule has 0 radical (unpaired) electrons. The number of nitrogens with one attached hydrogen (secondary N) is 2. The molecule has 1 amide bonds. The van der Waals surface area contributed by atoms with Crippen LogP contribution >= 0.6 is 0 Å². The van der Waals surface area contributed by atoms with Gasteiger partial charge in [0.25, 0.3) is 0 Å². The average molecular weight is 351 g/mol. The monoisotopic (exact) mass is 351 g/mol. The Balaban J connectivity index is 1.39. The molecule has 2 N–H and O–H groups in total. The van der Waals surface area contributed by atoms with E-state index >= 15 is 0 Å². The molecule has 6 heteroatoms. The molecule has 136 valence electrons. The van der Waals surface area contributed by atoms with Crippen LogP contribution in [0.25, 0.3) is 11.0 Å². The first-order valence-electron chi connectivity index (χ1n) is 9.33. The van der Waals surface area contributed by atoms with Crippen molar-refractivity contribution in [3.8, 4) is 0 Å². The Bertz CT molecular complexity index is 873. The molecule has 0 spiro atoms. The van der Waals surface area contributed by atoms with Gasteiger partial charge in [0, 0.05) is 43.7 Å². The minimum Gasteiger partial charge on any atom is -0.342 e. The van der Waals surface area contributed by atoms with Gasteiger partial charge in [0.05, 0.1) is 11.0 Å². The van der Waals surface area contributed by atoms with E-state index in [1.165, 1.54) is 11.1 Å². The number of H-pyrrole nitrogens is 2. The van der Waals surface area contributed by atoms with Crippen LogP contribution in [0.1, 0.15) is 47.8 Å². The summed E-state index contributed by atoms with van der Waals surface area (Å²) in [4.78, 5) is 22.7. The minimum atomic E-state index is 0.210. The molecule has 0 bridgehead atoms. The van der Waals surface area contributed by atoms with Crippen LogP contribution < -0.4 is 0 Å². The Kier molecular flexibility index (Phi) is 4.49. The molecule has 1 aliphatic heterocycles. The highest BCUT2D eigenvalue weighted by atomic mass is 16.2. The van der Waals surface area contributed by atoms with Crippen molar-refractivity contribution in [2.45, 2.75) is 45.4 Å². The molecule has 1 saturated heterocycles. The maximum absolute atomic E-state index is 12.7. The van der Waals surface area contributed by atoms with Gasteiger partial charge in [-0.05, 0) is 56.0 Å². The molecule has 6 nitrogen and oxygen atoms in total. The topological polar surface area (TPSA) is 77.7 Å². The summed E-state index contributed by atoms with van der Waals surface area (Å²) in [5.41, 5.74) is 5.65. The zero-order valence-electron chi connectivity index (χ0n) is 15.4. The molecule has 1 fully saturated rings. The summed E-state index contributed by atoms with van der Waals surface area (Å²) >= 11 is 0. The van der Waals surface area contributed by atoms with E-state index in [2.05, 4.69) is 46.1 Å². The van der Waals surface area contributed by atoms with Crippen LogP contribution in [0, 0.1) is 13.8 Å². The molecule has 1 aliphatic rings. The van der Waals surface area contributed by atoms with Gasteiger partial charge in [0.15, 0.2) is 0 Å². The number of benzene rings is 1. The van der Waals surface area contributed by atoms with Gasteiger partial charge in [-0.25, -0.2) is 4.98 Å². The second kappa shape index (κ2) is 6.94. The van der Waals surface area contributed by atoms with E-state index in [0.717, 1.165) is 48.5 Å². The lowest BCUT2D eigenvalue weighted by Gasteiger charge is -2.32. The standard InChI is InChI=1S/C20H25N5O/c1-13-10-17-18(11-14(13)2)23-19(22-17)5-6-20(26)25-9-3-4-15(12-25)16-7-8-21-24-16/h7-8,10-11,15H,3-6,9,12H2,1-2H3,(H,21,24)(H,22,23)/t15-/m0/s1. The highest BCUT2D eigenvalue weighted by molar-refractivity contribution is 5.78. The molecular formula is C20H25N5O. The van der Waals surface area contributed by atoms with Gasteiger partial charge in [-0.1, -0.05) is 0 Å². The first-order valence-corrected chi connectivity index (χ1v) is 9.33. The van der Waals surface area contributed by atoms with E-state index in [9.17, 15) is 4.79 Å². The van der Waals surface area contributed by atoms with Gasteiger partial charge in [0.2, 0.25) is 5.91 Å². The number of fused-ring (bicyclic) bond motifs is 1. The lowest BCUT2D eigenvalue weighted by Crippen LogP contribution is -2.39. The van der Waals surface area contributed by atoms with E-state index in [4.69, 9.17) is 0 Å². The highest BCUT2D eigenvalue weighted by Crippen LogP contribution is 2.26. The Morgan fingerprint density at radius 3 is 2.96 bits per heavy atom.